The van der Waals surface area contributed by atoms with E-state index < -0.39 is 5.54 Å². The summed E-state index contributed by atoms with van der Waals surface area (Å²) in [6.07, 6.45) is 1.94. The maximum atomic E-state index is 9.55. The van der Waals surface area contributed by atoms with Gasteiger partial charge < -0.3 is 5.11 Å². The molecular formula is C23H20N2O. The number of rotatable bonds is 5. The summed E-state index contributed by atoms with van der Waals surface area (Å²) in [5.74, 6) is 0. The standard InChI is InChI=1S/C23H20N2O/c26-18-22-16-17-25(24-22)23(19-10-4-1-5-11-19,20-12-6-2-7-13-20)21-14-8-3-9-15-21/h1-17,26H,18H2. The maximum Gasteiger partial charge on any atom is 0.138 e. The van der Waals surface area contributed by atoms with E-state index in [-0.39, 0.29) is 6.61 Å². The van der Waals surface area contributed by atoms with Crippen LogP contribution in [-0.4, -0.2) is 14.9 Å². The lowest BCUT2D eigenvalue weighted by atomic mass is 9.77. The normalized spacial score (nSPS) is 11.4. The zero-order valence-corrected chi connectivity index (χ0v) is 14.4. The first kappa shape index (κ1) is 16.3. The molecule has 1 N–H and O–H groups in total. The fraction of sp³-hybridized carbons (Fsp3) is 0.0870. The summed E-state index contributed by atoms with van der Waals surface area (Å²) >= 11 is 0. The molecule has 0 aliphatic carbocycles. The Balaban J connectivity index is 2.10. The Hall–Kier alpha value is -3.17. The van der Waals surface area contributed by atoms with E-state index in [1.54, 1.807) is 0 Å². The van der Waals surface area contributed by atoms with Gasteiger partial charge in [0.25, 0.3) is 0 Å². The van der Waals surface area contributed by atoms with Crippen molar-refractivity contribution >= 4 is 0 Å². The molecule has 0 unspecified atom stereocenters. The Morgan fingerprint density at radius 1 is 0.654 bits per heavy atom. The Bertz CT molecular complexity index is 866. The van der Waals surface area contributed by atoms with Gasteiger partial charge in [-0.3, -0.25) is 4.68 Å². The zero-order chi connectivity index (χ0) is 17.8. The van der Waals surface area contributed by atoms with Gasteiger partial charge in [0.1, 0.15) is 5.54 Å². The van der Waals surface area contributed by atoms with Crippen LogP contribution in [0.1, 0.15) is 22.4 Å². The molecule has 0 saturated heterocycles. The summed E-state index contributed by atoms with van der Waals surface area (Å²) in [5.41, 5.74) is 3.38. The van der Waals surface area contributed by atoms with Crippen molar-refractivity contribution in [1.82, 2.24) is 9.78 Å². The lowest BCUT2D eigenvalue weighted by molar-refractivity contribution is 0.273. The molecular weight excluding hydrogens is 320 g/mol. The number of aliphatic hydroxyl groups is 1. The Labute approximate surface area is 153 Å². The van der Waals surface area contributed by atoms with Crippen LogP contribution in [0.4, 0.5) is 0 Å². The third-order valence-electron chi connectivity index (χ3n) is 4.72. The van der Waals surface area contributed by atoms with Crippen LogP contribution >= 0.6 is 0 Å². The molecule has 0 amide bonds. The largest absolute Gasteiger partial charge is 0.390 e. The monoisotopic (exact) mass is 340 g/mol. The molecule has 0 spiro atoms. The molecule has 0 saturated carbocycles. The quantitative estimate of drug-likeness (QED) is 0.553. The number of nitrogens with zero attached hydrogens (tertiary/aromatic N) is 2. The number of aromatic nitrogens is 2. The van der Waals surface area contributed by atoms with Gasteiger partial charge in [0.05, 0.1) is 12.3 Å². The molecule has 3 heteroatoms. The van der Waals surface area contributed by atoms with E-state index in [0.29, 0.717) is 5.69 Å². The van der Waals surface area contributed by atoms with E-state index in [1.807, 2.05) is 71.5 Å². The minimum absolute atomic E-state index is 0.0819. The molecule has 0 radical (unpaired) electrons. The summed E-state index contributed by atoms with van der Waals surface area (Å²) in [6.45, 7) is -0.0819. The summed E-state index contributed by atoms with van der Waals surface area (Å²) in [5, 5.41) is 14.2. The number of benzene rings is 3. The first-order chi connectivity index (χ1) is 12.9. The van der Waals surface area contributed by atoms with Gasteiger partial charge >= 0.3 is 0 Å². The van der Waals surface area contributed by atoms with Crippen molar-refractivity contribution < 1.29 is 5.11 Å². The topological polar surface area (TPSA) is 38.0 Å². The van der Waals surface area contributed by atoms with Crippen molar-refractivity contribution in [2.24, 2.45) is 0 Å². The van der Waals surface area contributed by atoms with Crippen LogP contribution in [0.15, 0.2) is 103 Å². The molecule has 0 fully saturated rings. The highest BCUT2D eigenvalue weighted by Crippen LogP contribution is 2.40. The molecule has 4 aromatic rings. The molecule has 0 aliphatic rings. The predicted molar refractivity (Wildman–Crippen MR) is 103 cm³/mol. The van der Waals surface area contributed by atoms with Crippen LogP contribution in [0.5, 0.6) is 0 Å². The highest BCUT2D eigenvalue weighted by atomic mass is 16.3. The summed E-state index contributed by atoms with van der Waals surface area (Å²) < 4.78 is 1.96. The third-order valence-corrected chi connectivity index (χ3v) is 4.72. The van der Waals surface area contributed by atoms with Crippen molar-refractivity contribution in [3.8, 4) is 0 Å². The van der Waals surface area contributed by atoms with E-state index in [9.17, 15) is 5.11 Å². The van der Waals surface area contributed by atoms with Gasteiger partial charge in [0, 0.05) is 6.20 Å². The van der Waals surface area contributed by atoms with Crippen LogP contribution in [-0.2, 0) is 12.1 Å². The van der Waals surface area contributed by atoms with Crippen molar-refractivity contribution in [1.29, 1.82) is 0 Å². The van der Waals surface area contributed by atoms with E-state index in [1.165, 1.54) is 0 Å². The number of aliphatic hydroxyl groups excluding tert-OH is 1. The molecule has 128 valence electrons. The van der Waals surface area contributed by atoms with Gasteiger partial charge in [-0.25, -0.2) is 0 Å². The van der Waals surface area contributed by atoms with Crippen LogP contribution in [0.25, 0.3) is 0 Å². The minimum Gasteiger partial charge on any atom is -0.390 e. The van der Waals surface area contributed by atoms with Gasteiger partial charge in [-0.2, -0.15) is 5.10 Å². The predicted octanol–water partition coefficient (Wildman–Crippen LogP) is 4.22. The number of hydrogen-bond donors (Lipinski definition) is 1. The second kappa shape index (κ2) is 6.98. The first-order valence-corrected chi connectivity index (χ1v) is 8.68. The summed E-state index contributed by atoms with van der Waals surface area (Å²) in [7, 11) is 0. The average Bonchev–Trinajstić information content (AvgIpc) is 3.21. The molecule has 0 atom stereocenters. The second-order valence-corrected chi connectivity index (χ2v) is 6.22. The SMILES string of the molecule is OCc1ccn(C(c2ccccc2)(c2ccccc2)c2ccccc2)n1. The Kier molecular flexibility index (Phi) is 4.38. The second-order valence-electron chi connectivity index (χ2n) is 6.22. The zero-order valence-electron chi connectivity index (χ0n) is 14.4. The smallest absolute Gasteiger partial charge is 0.138 e. The average molecular weight is 340 g/mol. The highest BCUT2D eigenvalue weighted by molar-refractivity contribution is 5.50. The fourth-order valence-corrected chi connectivity index (χ4v) is 3.57. The maximum absolute atomic E-state index is 9.55. The Morgan fingerprint density at radius 2 is 1.08 bits per heavy atom. The van der Waals surface area contributed by atoms with E-state index in [4.69, 9.17) is 5.10 Å². The van der Waals surface area contributed by atoms with Gasteiger partial charge in [-0.1, -0.05) is 91.0 Å². The minimum atomic E-state index is -0.614. The van der Waals surface area contributed by atoms with E-state index in [0.717, 1.165) is 16.7 Å². The molecule has 0 bridgehead atoms. The first-order valence-electron chi connectivity index (χ1n) is 8.68. The van der Waals surface area contributed by atoms with Crippen molar-refractivity contribution in [3.63, 3.8) is 0 Å². The van der Waals surface area contributed by atoms with Gasteiger partial charge in [-0.05, 0) is 22.8 Å². The van der Waals surface area contributed by atoms with Crippen molar-refractivity contribution in [2.75, 3.05) is 0 Å². The van der Waals surface area contributed by atoms with Crippen LogP contribution < -0.4 is 0 Å². The number of hydrogen-bond acceptors (Lipinski definition) is 2. The van der Waals surface area contributed by atoms with Crippen molar-refractivity contribution in [2.45, 2.75) is 12.1 Å². The molecule has 4 rings (SSSR count). The third kappa shape index (κ3) is 2.63. The van der Waals surface area contributed by atoms with Crippen LogP contribution in [0.3, 0.4) is 0 Å². The Morgan fingerprint density at radius 3 is 1.42 bits per heavy atom. The van der Waals surface area contributed by atoms with Gasteiger partial charge in [0.2, 0.25) is 0 Å². The summed E-state index contributed by atoms with van der Waals surface area (Å²) in [4.78, 5) is 0. The summed E-state index contributed by atoms with van der Waals surface area (Å²) in [6, 6.07) is 33.0. The van der Waals surface area contributed by atoms with Gasteiger partial charge in [-0.15, -0.1) is 0 Å². The molecule has 3 aromatic carbocycles. The molecule has 1 aromatic heterocycles. The lowest BCUT2D eigenvalue weighted by Gasteiger charge is -2.36. The fourth-order valence-electron chi connectivity index (χ4n) is 3.57. The van der Waals surface area contributed by atoms with Gasteiger partial charge in [0.15, 0.2) is 0 Å². The van der Waals surface area contributed by atoms with Crippen LogP contribution in [0.2, 0.25) is 0 Å². The molecule has 26 heavy (non-hydrogen) atoms. The lowest BCUT2D eigenvalue weighted by Crippen LogP contribution is -2.38. The molecule has 3 nitrogen and oxygen atoms in total. The van der Waals surface area contributed by atoms with Crippen LogP contribution in [0, 0.1) is 0 Å². The highest BCUT2D eigenvalue weighted by Gasteiger charge is 2.39. The van der Waals surface area contributed by atoms with E-state index >= 15 is 0 Å². The van der Waals surface area contributed by atoms with E-state index in [2.05, 4.69) is 36.4 Å². The molecule has 0 aliphatic heterocycles. The molecule has 1 heterocycles. The van der Waals surface area contributed by atoms with Crippen molar-refractivity contribution in [3.05, 3.63) is 126 Å².